The van der Waals surface area contributed by atoms with E-state index in [4.69, 9.17) is 4.74 Å². The summed E-state index contributed by atoms with van der Waals surface area (Å²) in [6, 6.07) is 12.9. The maximum Gasteiger partial charge on any atom is 0.340 e. The van der Waals surface area contributed by atoms with E-state index < -0.39 is 0 Å². The van der Waals surface area contributed by atoms with Gasteiger partial charge >= 0.3 is 5.97 Å². The van der Waals surface area contributed by atoms with Gasteiger partial charge in [0.25, 0.3) is 0 Å². The van der Waals surface area contributed by atoms with Crippen molar-refractivity contribution in [3.63, 3.8) is 0 Å². The van der Waals surface area contributed by atoms with E-state index in [-0.39, 0.29) is 5.97 Å². The third kappa shape index (κ3) is 5.01. The Morgan fingerprint density at radius 2 is 1.81 bits per heavy atom. The van der Waals surface area contributed by atoms with Crippen molar-refractivity contribution in [2.75, 3.05) is 17.2 Å². The van der Waals surface area contributed by atoms with Gasteiger partial charge in [0, 0.05) is 25.0 Å². The molecule has 0 aliphatic carbocycles. The average molecular weight is 363 g/mol. The number of hydrogen-bond acceptors (Lipinski definition) is 7. The Morgan fingerprint density at radius 3 is 2.59 bits per heavy atom. The highest BCUT2D eigenvalue weighted by Gasteiger charge is 2.13. The number of benzene rings is 1. The highest BCUT2D eigenvalue weighted by molar-refractivity contribution is 5.96. The fraction of sp³-hybridized carbons (Fsp3) is 0.200. The Bertz CT molecular complexity index is 915. The van der Waals surface area contributed by atoms with Gasteiger partial charge in [-0.1, -0.05) is 12.1 Å². The number of nitrogens with zero attached hydrogens (tertiary/aromatic N) is 3. The van der Waals surface area contributed by atoms with Crippen molar-refractivity contribution in [2.45, 2.75) is 20.4 Å². The molecule has 2 N–H and O–H groups in total. The van der Waals surface area contributed by atoms with Crippen LogP contribution in [0.2, 0.25) is 0 Å². The maximum atomic E-state index is 12.1. The van der Waals surface area contributed by atoms with E-state index in [9.17, 15) is 4.79 Å². The summed E-state index contributed by atoms with van der Waals surface area (Å²) >= 11 is 0. The number of carbonyl (C=O) groups is 1. The van der Waals surface area contributed by atoms with Crippen molar-refractivity contribution < 1.29 is 9.53 Å². The summed E-state index contributed by atoms with van der Waals surface area (Å²) in [5.41, 5.74) is 2.19. The summed E-state index contributed by atoms with van der Waals surface area (Å²) in [5.74, 6) is 1.53. The number of nitrogens with one attached hydrogen (secondary N) is 2. The molecule has 0 aliphatic heterocycles. The zero-order valence-corrected chi connectivity index (χ0v) is 15.3. The van der Waals surface area contributed by atoms with Crippen LogP contribution in [-0.4, -0.2) is 27.5 Å². The SMILES string of the molecule is CCOC(=O)c1ccccc1Nc1cc(NCc2ccncc2)nc(C)n1. The molecular formula is C20H21N5O2. The quantitative estimate of drug-likeness (QED) is 0.619. The lowest BCUT2D eigenvalue weighted by Crippen LogP contribution is -2.09. The monoisotopic (exact) mass is 363 g/mol. The first-order valence-corrected chi connectivity index (χ1v) is 8.67. The summed E-state index contributed by atoms with van der Waals surface area (Å²) in [6.45, 7) is 4.54. The lowest BCUT2D eigenvalue weighted by atomic mass is 10.2. The van der Waals surface area contributed by atoms with E-state index in [1.54, 1.807) is 37.5 Å². The number of anilines is 3. The maximum absolute atomic E-state index is 12.1. The fourth-order valence-corrected chi connectivity index (χ4v) is 2.53. The van der Waals surface area contributed by atoms with Gasteiger partial charge in [-0.25, -0.2) is 14.8 Å². The van der Waals surface area contributed by atoms with Gasteiger partial charge in [-0.05, 0) is 43.7 Å². The van der Waals surface area contributed by atoms with E-state index in [0.29, 0.717) is 41.9 Å². The van der Waals surface area contributed by atoms with Gasteiger partial charge in [0.2, 0.25) is 0 Å². The molecule has 0 atom stereocenters. The number of esters is 1. The Kier molecular flexibility index (Phi) is 5.94. The van der Waals surface area contributed by atoms with Crippen molar-refractivity contribution in [3.05, 3.63) is 71.8 Å². The third-order valence-electron chi connectivity index (χ3n) is 3.75. The first kappa shape index (κ1) is 18.3. The van der Waals surface area contributed by atoms with Crippen LogP contribution in [-0.2, 0) is 11.3 Å². The van der Waals surface area contributed by atoms with Gasteiger partial charge in [-0.3, -0.25) is 4.98 Å². The Balaban J connectivity index is 1.78. The van der Waals surface area contributed by atoms with E-state index in [1.807, 2.05) is 31.2 Å². The van der Waals surface area contributed by atoms with Gasteiger partial charge in [0.05, 0.1) is 17.9 Å². The zero-order valence-electron chi connectivity index (χ0n) is 15.3. The molecular weight excluding hydrogens is 342 g/mol. The van der Waals surface area contributed by atoms with Gasteiger partial charge in [-0.15, -0.1) is 0 Å². The van der Waals surface area contributed by atoms with E-state index in [2.05, 4.69) is 25.6 Å². The first-order chi connectivity index (χ1) is 13.2. The standard InChI is InChI=1S/C20H21N5O2/c1-3-27-20(26)16-6-4-5-7-17(16)25-19-12-18(23-14(2)24-19)22-13-15-8-10-21-11-9-15/h4-12H,3,13H2,1-2H3,(H2,22,23,24,25). The summed E-state index contributed by atoms with van der Waals surface area (Å²) < 4.78 is 5.11. The lowest BCUT2D eigenvalue weighted by Gasteiger charge is -2.13. The number of pyridine rings is 1. The van der Waals surface area contributed by atoms with Crippen LogP contribution in [0.4, 0.5) is 17.3 Å². The number of hydrogen-bond donors (Lipinski definition) is 2. The Labute approximate surface area is 157 Å². The summed E-state index contributed by atoms with van der Waals surface area (Å²) in [5, 5.41) is 6.46. The molecule has 0 unspecified atom stereocenters. The smallest absolute Gasteiger partial charge is 0.340 e. The molecule has 0 amide bonds. The lowest BCUT2D eigenvalue weighted by molar-refractivity contribution is 0.0527. The van der Waals surface area contributed by atoms with Crippen LogP contribution in [0.1, 0.15) is 28.7 Å². The van der Waals surface area contributed by atoms with Crippen LogP contribution in [0.15, 0.2) is 54.9 Å². The van der Waals surface area contributed by atoms with Gasteiger partial charge in [-0.2, -0.15) is 0 Å². The highest BCUT2D eigenvalue weighted by Crippen LogP contribution is 2.22. The van der Waals surface area contributed by atoms with Crippen molar-refractivity contribution in [2.24, 2.45) is 0 Å². The number of aryl methyl sites for hydroxylation is 1. The normalized spacial score (nSPS) is 10.3. The molecule has 7 nitrogen and oxygen atoms in total. The molecule has 0 fully saturated rings. The Morgan fingerprint density at radius 1 is 1.07 bits per heavy atom. The predicted octanol–water partition coefficient (Wildman–Crippen LogP) is 3.71. The molecule has 0 aliphatic rings. The topological polar surface area (TPSA) is 89.0 Å². The molecule has 0 saturated carbocycles. The molecule has 1 aromatic carbocycles. The molecule has 3 rings (SSSR count). The van der Waals surface area contributed by atoms with Crippen molar-refractivity contribution in [3.8, 4) is 0 Å². The van der Waals surface area contributed by atoms with E-state index in [0.717, 1.165) is 5.56 Å². The number of aromatic nitrogens is 3. The second kappa shape index (κ2) is 8.75. The molecule has 2 heterocycles. The summed E-state index contributed by atoms with van der Waals surface area (Å²) in [7, 11) is 0. The van der Waals surface area contributed by atoms with Crippen LogP contribution in [0.25, 0.3) is 0 Å². The van der Waals surface area contributed by atoms with Crippen molar-refractivity contribution in [1.29, 1.82) is 0 Å². The van der Waals surface area contributed by atoms with Gasteiger partial charge in [0.1, 0.15) is 17.5 Å². The Hall–Kier alpha value is -3.48. The van der Waals surface area contributed by atoms with E-state index >= 15 is 0 Å². The first-order valence-electron chi connectivity index (χ1n) is 8.67. The van der Waals surface area contributed by atoms with Crippen LogP contribution < -0.4 is 10.6 Å². The van der Waals surface area contributed by atoms with Crippen LogP contribution in [0.3, 0.4) is 0 Å². The van der Waals surface area contributed by atoms with Gasteiger partial charge in [0.15, 0.2) is 0 Å². The summed E-state index contributed by atoms with van der Waals surface area (Å²) in [4.78, 5) is 25.0. The molecule has 0 saturated heterocycles. The largest absolute Gasteiger partial charge is 0.462 e. The minimum atomic E-state index is -0.373. The second-order valence-electron chi connectivity index (χ2n) is 5.79. The summed E-state index contributed by atoms with van der Waals surface area (Å²) in [6.07, 6.45) is 3.50. The minimum absolute atomic E-state index is 0.322. The third-order valence-corrected chi connectivity index (χ3v) is 3.75. The number of rotatable bonds is 7. The average Bonchev–Trinajstić information content (AvgIpc) is 2.67. The van der Waals surface area contributed by atoms with Gasteiger partial charge < -0.3 is 15.4 Å². The molecule has 2 aromatic heterocycles. The zero-order chi connectivity index (χ0) is 19.1. The number of ether oxygens (including phenoxy) is 1. The minimum Gasteiger partial charge on any atom is -0.462 e. The molecule has 7 heteroatoms. The number of carbonyl (C=O) groups excluding carboxylic acids is 1. The van der Waals surface area contributed by atoms with Crippen LogP contribution in [0, 0.1) is 6.92 Å². The molecule has 0 spiro atoms. The van der Waals surface area contributed by atoms with Crippen molar-refractivity contribution >= 4 is 23.3 Å². The molecule has 3 aromatic rings. The fourth-order valence-electron chi connectivity index (χ4n) is 2.53. The highest BCUT2D eigenvalue weighted by atomic mass is 16.5. The molecule has 27 heavy (non-hydrogen) atoms. The molecule has 0 bridgehead atoms. The number of para-hydroxylation sites is 1. The molecule has 138 valence electrons. The van der Waals surface area contributed by atoms with Crippen LogP contribution >= 0.6 is 0 Å². The predicted molar refractivity (Wildman–Crippen MR) is 104 cm³/mol. The second-order valence-corrected chi connectivity index (χ2v) is 5.79. The molecule has 0 radical (unpaired) electrons. The van der Waals surface area contributed by atoms with Crippen molar-refractivity contribution in [1.82, 2.24) is 15.0 Å². The van der Waals surface area contributed by atoms with E-state index in [1.165, 1.54) is 0 Å². The van der Waals surface area contributed by atoms with Crippen LogP contribution in [0.5, 0.6) is 0 Å².